The monoisotopic (exact) mass is 348 g/mol. The first-order valence-electron chi connectivity index (χ1n) is 7.58. The third-order valence-electron chi connectivity index (χ3n) is 3.23. The largest absolute Gasteiger partial charge is 0.495 e. The molecule has 128 valence electrons. The molecule has 2 amide bonds. The van der Waals surface area contributed by atoms with Crippen LogP contribution in [0.3, 0.4) is 0 Å². The quantitative estimate of drug-likeness (QED) is 0.791. The highest BCUT2D eigenvalue weighted by atomic mass is 35.5. The molecule has 24 heavy (non-hydrogen) atoms. The molecule has 2 aromatic rings. The van der Waals surface area contributed by atoms with E-state index >= 15 is 0 Å². The highest BCUT2D eigenvalue weighted by Gasteiger charge is 2.12. The summed E-state index contributed by atoms with van der Waals surface area (Å²) in [6.45, 7) is 5.72. The maximum atomic E-state index is 12.3. The second-order valence-corrected chi connectivity index (χ2v) is 5.95. The third-order valence-corrected chi connectivity index (χ3v) is 3.63. The zero-order valence-corrected chi connectivity index (χ0v) is 14.9. The Morgan fingerprint density at radius 3 is 2.42 bits per heavy atom. The van der Waals surface area contributed by atoms with Crippen LogP contribution in [0.25, 0.3) is 0 Å². The lowest BCUT2D eigenvalue weighted by Gasteiger charge is -2.16. The molecule has 0 atom stereocenters. The first kappa shape index (κ1) is 17.9. The summed E-state index contributed by atoms with van der Waals surface area (Å²) in [5, 5.41) is 6.13. The van der Waals surface area contributed by atoms with Gasteiger partial charge in [-0.25, -0.2) is 4.79 Å². The summed E-state index contributed by atoms with van der Waals surface area (Å²) >= 11 is 6.08. The van der Waals surface area contributed by atoms with Crippen molar-refractivity contribution in [1.82, 2.24) is 0 Å². The standard InChI is InChI=1S/C18H21ClN2O3/c1-11(2)24-16-8-6-5-7-14(16)20-18(22)21-15-9-12(3)13(19)10-17(15)23-4/h5-11H,1-4H3,(H2,20,21,22). The first-order valence-corrected chi connectivity index (χ1v) is 7.96. The molecule has 0 radical (unpaired) electrons. The van der Waals surface area contributed by atoms with Crippen molar-refractivity contribution in [2.24, 2.45) is 0 Å². The van der Waals surface area contributed by atoms with Gasteiger partial charge in [-0.3, -0.25) is 0 Å². The number of urea groups is 1. The lowest BCUT2D eigenvalue weighted by molar-refractivity contribution is 0.243. The topological polar surface area (TPSA) is 59.6 Å². The fraction of sp³-hybridized carbons (Fsp3) is 0.278. The minimum absolute atomic E-state index is 0.00928. The van der Waals surface area contributed by atoms with Crippen LogP contribution in [0.5, 0.6) is 11.5 Å². The van der Waals surface area contributed by atoms with Crippen molar-refractivity contribution in [3.63, 3.8) is 0 Å². The Bertz CT molecular complexity index is 732. The van der Waals surface area contributed by atoms with E-state index in [1.54, 1.807) is 18.2 Å². The minimum atomic E-state index is -0.394. The number of carbonyl (C=O) groups excluding carboxylic acids is 1. The van der Waals surface area contributed by atoms with Gasteiger partial charge < -0.3 is 20.1 Å². The summed E-state index contributed by atoms with van der Waals surface area (Å²) in [4.78, 5) is 12.3. The van der Waals surface area contributed by atoms with Gasteiger partial charge in [-0.2, -0.15) is 0 Å². The van der Waals surface area contributed by atoms with E-state index in [-0.39, 0.29) is 6.10 Å². The van der Waals surface area contributed by atoms with Gasteiger partial charge in [0.25, 0.3) is 0 Å². The van der Waals surface area contributed by atoms with Crippen molar-refractivity contribution in [3.05, 3.63) is 47.0 Å². The molecule has 0 aliphatic carbocycles. The van der Waals surface area contributed by atoms with Gasteiger partial charge in [-0.05, 0) is 44.5 Å². The summed E-state index contributed by atoms with van der Waals surface area (Å²) in [5.74, 6) is 1.11. The Kier molecular flexibility index (Phi) is 5.93. The van der Waals surface area contributed by atoms with Gasteiger partial charge >= 0.3 is 6.03 Å². The van der Waals surface area contributed by atoms with Crippen LogP contribution in [0.4, 0.5) is 16.2 Å². The number of hydrogen-bond donors (Lipinski definition) is 2. The van der Waals surface area contributed by atoms with E-state index in [1.807, 2.05) is 39.0 Å². The summed E-state index contributed by atoms with van der Waals surface area (Å²) in [7, 11) is 1.52. The zero-order valence-electron chi connectivity index (χ0n) is 14.1. The van der Waals surface area contributed by atoms with Gasteiger partial charge in [-0.1, -0.05) is 23.7 Å². The molecule has 2 aromatic carbocycles. The van der Waals surface area contributed by atoms with E-state index in [0.717, 1.165) is 5.56 Å². The van der Waals surface area contributed by atoms with Gasteiger partial charge in [0.15, 0.2) is 0 Å². The predicted octanol–water partition coefficient (Wildman–Crippen LogP) is 5.09. The molecule has 0 bridgehead atoms. The van der Waals surface area contributed by atoms with Crippen molar-refractivity contribution in [2.45, 2.75) is 26.9 Å². The molecule has 5 nitrogen and oxygen atoms in total. The normalized spacial score (nSPS) is 10.4. The van der Waals surface area contributed by atoms with Gasteiger partial charge in [-0.15, -0.1) is 0 Å². The summed E-state index contributed by atoms with van der Waals surface area (Å²) in [6, 6.07) is 10.3. The highest BCUT2D eigenvalue weighted by Crippen LogP contribution is 2.31. The maximum absolute atomic E-state index is 12.3. The highest BCUT2D eigenvalue weighted by molar-refractivity contribution is 6.31. The van der Waals surface area contributed by atoms with Crippen LogP contribution in [0.2, 0.25) is 5.02 Å². The number of benzene rings is 2. The van der Waals surface area contributed by atoms with Crippen molar-refractivity contribution in [1.29, 1.82) is 0 Å². The Morgan fingerprint density at radius 1 is 1.08 bits per heavy atom. The van der Waals surface area contributed by atoms with E-state index in [1.165, 1.54) is 7.11 Å². The van der Waals surface area contributed by atoms with Crippen LogP contribution >= 0.6 is 11.6 Å². The van der Waals surface area contributed by atoms with Gasteiger partial charge in [0.2, 0.25) is 0 Å². The van der Waals surface area contributed by atoms with Crippen LogP contribution in [-0.2, 0) is 0 Å². The van der Waals surface area contributed by atoms with Crippen LogP contribution in [-0.4, -0.2) is 19.2 Å². The molecular weight excluding hydrogens is 328 g/mol. The Labute approximate surface area is 146 Å². The average molecular weight is 349 g/mol. The summed E-state index contributed by atoms with van der Waals surface area (Å²) < 4.78 is 10.9. The molecule has 0 heterocycles. The summed E-state index contributed by atoms with van der Waals surface area (Å²) in [6.07, 6.45) is 0.00928. The molecule has 0 saturated heterocycles. The lowest BCUT2D eigenvalue weighted by Crippen LogP contribution is -2.21. The fourth-order valence-corrected chi connectivity index (χ4v) is 2.29. The second-order valence-electron chi connectivity index (χ2n) is 5.54. The number of methoxy groups -OCH3 is 1. The second kappa shape index (κ2) is 7.93. The Hall–Kier alpha value is -2.40. The Balaban J connectivity index is 2.16. The SMILES string of the molecule is COc1cc(Cl)c(C)cc1NC(=O)Nc1ccccc1OC(C)C. The number of hydrogen-bond acceptors (Lipinski definition) is 3. The van der Waals surface area contributed by atoms with Crippen molar-refractivity contribution in [2.75, 3.05) is 17.7 Å². The number of carbonyl (C=O) groups is 1. The molecule has 0 aliphatic heterocycles. The number of ether oxygens (including phenoxy) is 2. The molecule has 0 fully saturated rings. The number of halogens is 1. The minimum Gasteiger partial charge on any atom is -0.495 e. The number of aryl methyl sites for hydroxylation is 1. The molecule has 0 spiro atoms. The molecule has 0 unspecified atom stereocenters. The lowest BCUT2D eigenvalue weighted by atomic mass is 10.2. The number of para-hydroxylation sites is 2. The van der Waals surface area contributed by atoms with E-state index in [9.17, 15) is 4.79 Å². The first-order chi connectivity index (χ1) is 11.4. The summed E-state index contributed by atoms with van der Waals surface area (Å²) in [5.41, 5.74) is 1.98. The average Bonchev–Trinajstić information content (AvgIpc) is 2.52. The molecule has 0 aliphatic rings. The number of amides is 2. The van der Waals surface area contributed by atoms with E-state index < -0.39 is 6.03 Å². The molecule has 0 aromatic heterocycles. The van der Waals surface area contributed by atoms with Crippen molar-refractivity contribution < 1.29 is 14.3 Å². The zero-order chi connectivity index (χ0) is 17.7. The number of anilines is 2. The van der Waals surface area contributed by atoms with Gasteiger partial charge in [0.05, 0.1) is 24.6 Å². The third kappa shape index (κ3) is 4.55. The fourth-order valence-electron chi connectivity index (χ4n) is 2.13. The van der Waals surface area contributed by atoms with Crippen molar-refractivity contribution >= 4 is 29.0 Å². The van der Waals surface area contributed by atoms with Crippen LogP contribution in [0.15, 0.2) is 36.4 Å². The van der Waals surface area contributed by atoms with Crippen LogP contribution in [0, 0.1) is 6.92 Å². The maximum Gasteiger partial charge on any atom is 0.323 e. The van der Waals surface area contributed by atoms with E-state index in [2.05, 4.69) is 10.6 Å². The molecule has 2 N–H and O–H groups in total. The van der Waals surface area contributed by atoms with Gasteiger partial charge in [0, 0.05) is 11.1 Å². The predicted molar refractivity (Wildman–Crippen MR) is 97.6 cm³/mol. The molecule has 0 saturated carbocycles. The molecule has 2 rings (SSSR count). The van der Waals surface area contributed by atoms with Crippen molar-refractivity contribution in [3.8, 4) is 11.5 Å². The smallest absolute Gasteiger partial charge is 0.323 e. The molecule has 6 heteroatoms. The number of nitrogens with one attached hydrogen (secondary N) is 2. The van der Waals surface area contributed by atoms with E-state index in [0.29, 0.717) is 27.9 Å². The number of rotatable bonds is 5. The molecular formula is C18H21ClN2O3. The Morgan fingerprint density at radius 2 is 1.75 bits per heavy atom. The van der Waals surface area contributed by atoms with Crippen LogP contribution in [0.1, 0.15) is 19.4 Å². The van der Waals surface area contributed by atoms with E-state index in [4.69, 9.17) is 21.1 Å². The van der Waals surface area contributed by atoms with Crippen LogP contribution < -0.4 is 20.1 Å². The van der Waals surface area contributed by atoms with Gasteiger partial charge in [0.1, 0.15) is 11.5 Å².